The zero-order valence-electron chi connectivity index (χ0n) is 26.6. The Kier molecular flexibility index (Phi) is 8.98. The molecule has 1 fully saturated rings. The van der Waals surface area contributed by atoms with Crippen molar-refractivity contribution in [3.8, 4) is 0 Å². The van der Waals surface area contributed by atoms with Crippen LogP contribution in [0.25, 0.3) is 0 Å². The van der Waals surface area contributed by atoms with E-state index in [1.807, 2.05) is 19.1 Å². The molecule has 4 nitrogen and oxygen atoms in total. The van der Waals surface area contributed by atoms with Crippen molar-refractivity contribution in [2.24, 2.45) is 16.7 Å². The van der Waals surface area contributed by atoms with Crippen LogP contribution < -0.4 is 10.4 Å². The van der Waals surface area contributed by atoms with Gasteiger partial charge in [0.25, 0.3) is 8.32 Å². The molecule has 0 aliphatic heterocycles. The summed E-state index contributed by atoms with van der Waals surface area (Å²) >= 11 is 0. The van der Waals surface area contributed by atoms with Crippen molar-refractivity contribution in [1.29, 1.82) is 0 Å². The highest BCUT2D eigenvalue weighted by atomic mass is 28.4. The minimum absolute atomic E-state index is 0.0260. The molecule has 2 aromatic carbocycles. The Morgan fingerprint density at radius 1 is 0.951 bits per heavy atom. The fraction of sp³-hybridized carbons (Fsp3) is 0.583. The number of allylic oxidation sites excluding steroid dienone is 1. The van der Waals surface area contributed by atoms with Crippen LogP contribution in [-0.2, 0) is 9.22 Å². The molecule has 0 amide bonds. The van der Waals surface area contributed by atoms with Crippen molar-refractivity contribution < 1.29 is 19.4 Å². The van der Waals surface area contributed by atoms with Crippen LogP contribution in [0, 0.1) is 16.7 Å². The Balaban J connectivity index is 1.58. The van der Waals surface area contributed by atoms with E-state index in [0.717, 1.165) is 30.4 Å². The molecule has 2 aliphatic rings. The summed E-state index contributed by atoms with van der Waals surface area (Å²) in [5, 5.41) is 24.9. The monoisotopic (exact) mass is 576 g/mol. The van der Waals surface area contributed by atoms with Crippen molar-refractivity contribution in [1.82, 2.24) is 0 Å². The molecular formula is C36H52O4Si. The van der Waals surface area contributed by atoms with E-state index in [4.69, 9.17) is 4.43 Å². The van der Waals surface area contributed by atoms with Gasteiger partial charge in [-0.05, 0) is 77.3 Å². The maximum atomic E-state index is 14.0. The first-order chi connectivity index (χ1) is 19.1. The van der Waals surface area contributed by atoms with Crippen molar-refractivity contribution in [2.45, 2.75) is 111 Å². The van der Waals surface area contributed by atoms with Gasteiger partial charge in [0.2, 0.25) is 0 Å². The van der Waals surface area contributed by atoms with Gasteiger partial charge in [0.05, 0.1) is 11.7 Å². The number of fused-ring (bicyclic) bond motifs is 1. The number of hydrogen-bond acceptors (Lipinski definition) is 4. The molecule has 41 heavy (non-hydrogen) atoms. The minimum atomic E-state index is -2.73. The highest BCUT2D eigenvalue weighted by molar-refractivity contribution is 6.99. The number of hydrogen-bond donors (Lipinski definition) is 2. The lowest BCUT2D eigenvalue weighted by Crippen LogP contribution is -2.66. The predicted molar refractivity (Wildman–Crippen MR) is 171 cm³/mol. The van der Waals surface area contributed by atoms with Gasteiger partial charge in [0, 0.05) is 18.6 Å². The third-order valence-corrected chi connectivity index (χ3v) is 15.4. The molecular weight excluding hydrogens is 524 g/mol. The van der Waals surface area contributed by atoms with Gasteiger partial charge in [0.15, 0.2) is 5.78 Å². The lowest BCUT2D eigenvalue weighted by atomic mass is 9.49. The van der Waals surface area contributed by atoms with Gasteiger partial charge in [-0.25, -0.2) is 0 Å². The van der Waals surface area contributed by atoms with E-state index in [1.165, 1.54) is 10.4 Å². The van der Waals surface area contributed by atoms with E-state index in [9.17, 15) is 15.0 Å². The molecule has 0 unspecified atom stereocenters. The van der Waals surface area contributed by atoms with Gasteiger partial charge in [0.1, 0.15) is 0 Å². The number of aliphatic hydroxyl groups excluding tert-OH is 1. The predicted octanol–water partition coefficient (Wildman–Crippen LogP) is 6.58. The van der Waals surface area contributed by atoms with Crippen molar-refractivity contribution >= 4 is 24.5 Å². The van der Waals surface area contributed by atoms with Crippen LogP contribution in [0.2, 0.25) is 5.04 Å². The summed E-state index contributed by atoms with van der Waals surface area (Å²) in [7, 11) is -2.73. The van der Waals surface area contributed by atoms with Crippen LogP contribution in [0.15, 0.2) is 71.8 Å². The molecule has 2 N–H and O–H groups in total. The summed E-state index contributed by atoms with van der Waals surface area (Å²) in [5.41, 5.74) is 0.123. The van der Waals surface area contributed by atoms with E-state index < -0.39 is 20.0 Å². The van der Waals surface area contributed by atoms with E-state index in [-0.39, 0.29) is 34.0 Å². The third kappa shape index (κ3) is 6.06. The summed E-state index contributed by atoms with van der Waals surface area (Å²) in [6.07, 6.45) is 3.61. The Hall–Kier alpha value is -2.05. The van der Waals surface area contributed by atoms with Gasteiger partial charge < -0.3 is 14.6 Å². The Morgan fingerprint density at radius 2 is 1.49 bits per heavy atom. The summed E-state index contributed by atoms with van der Waals surface area (Å²) in [4.78, 5) is 14.0. The zero-order valence-corrected chi connectivity index (χ0v) is 27.6. The van der Waals surface area contributed by atoms with Crippen LogP contribution in [0.4, 0.5) is 0 Å². The molecule has 4 atom stereocenters. The summed E-state index contributed by atoms with van der Waals surface area (Å²) in [6.45, 7) is 17.5. The third-order valence-electron chi connectivity index (χ3n) is 10.4. The van der Waals surface area contributed by atoms with Gasteiger partial charge in [-0.2, -0.15) is 0 Å². The lowest BCUT2D eigenvalue weighted by Gasteiger charge is -2.55. The smallest absolute Gasteiger partial charge is 0.261 e. The van der Waals surface area contributed by atoms with Gasteiger partial charge >= 0.3 is 0 Å². The van der Waals surface area contributed by atoms with Crippen LogP contribution in [0.3, 0.4) is 0 Å². The molecule has 5 heteroatoms. The van der Waals surface area contributed by atoms with E-state index in [0.29, 0.717) is 19.4 Å². The SMILES string of the molecule is CC1=C(C(=O)C[C@@](C)(O)CCO[Si](c2ccccc2)(c2ccccc2)C(C)(C)C)[C@@]2(C)CCCC(C)(C)[C@@H]2C[C@@H]1O. The van der Waals surface area contributed by atoms with Crippen molar-refractivity contribution in [3.05, 3.63) is 71.8 Å². The van der Waals surface area contributed by atoms with E-state index >= 15 is 0 Å². The van der Waals surface area contributed by atoms with Gasteiger partial charge in [-0.3, -0.25) is 4.79 Å². The second kappa shape index (κ2) is 11.6. The standard InChI is InChI=1S/C36H52O4Si/c1-26-29(37)24-31-34(5,6)20-15-21-36(31,8)32(26)30(38)25-35(7,39)22-23-40-41(33(2,3)4,27-16-11-9-12-17-27)28-18-13-10-14-19-28/h9-14,16-19,29,31,37,39H,15,20-25H2,1-8H3/t29-,31-,35-,36-/m0/s1. The first kappa shape index (κ1) is 31.9. The summed E-state index contributed by atoms with van der Waals surface area (Å²) in [6, 6.07) is 21.0. The summed E-state index contributed by atoms with van der Waals surface area (Å²) < 4.78 is 7.02. The highest BCUT2D eigenvalue weighted by Crippen LogP contribution is 2.60. The first-order valence-corrected chi connectivity index (χ1v) is 17.4. The quantitative estimate of drug-likeness (QED) is 0.331. The molecule has 0 saturated heterocycles. The zero-order chi connectivity index (χ0) is 30.3. The highest BCUT2D eigenvalue weighted by Gasteiger charge is 2.54. The van der Waals surface area contributed by atoms with Crippen molar-refractivity contribution in [2.75, 3.05) is 6.61 Å². The Labute approximate surface area is 249 Å². The number of aliphatic hydroxyl groups is 2. The second-order valence-corrected chi connectivity index (χ2v) is 19.3. The largest absolute Gasteiger partial charge is 0.407 e. The minimum Gasteiger partial charge on any atom is -0.407 e. The Morgan fingerprint density at radius 3 is 2.00 bits per heavy atom. The maximum Gasteiger partial charge on any atom is 0.261 e. The number of Topliss-reactive ketones (excluding diaryl/α,β-unsaturated/α-hetero) is 1. The van der Waals surface area contributed by atoms with E-state index in [2.05, 4.69) is 90.1 Å². The second-order valence-electron chi connectivity index (χ2n) is 15.0. The molecule has 1 saturated carbocycles. The molecule has 0 heterocycles. The number of ketones is 1. The molecule has 0 radical (unpaired) electrons. The average Bonchev–Trinajstić information content (AvgIpc) is 2.88. The van der Waals surface area contributed by atoms with Gasteiger partial charge in [-0.15, -0.1) is 0 Å². The van der Waals surface area contributed by atoms with Crippen LogP contribution >= 0.6 is 0 Å². The summed E-state index contributed by atoms with van der Waals surface area (Å²) in [5.74, 6) is 0.215. The molecule has 0 bridgehead atoms. The first-order valence-electron chi connectivity index (χ1n) is 15.5. The molecule has 2 aromatic rings. The molecule has 0 spiro atoms. The molecule has 2 aliphatic carbocycles. The number of rotatable bonds is 9. The molecule has 0 aromatic heterocycles. The fourth-order valence-corrected chi connectivity index (χ4v) is 12.8. The van der Waals surface area contributed by atoms with E-state index in [1.54, 1.807) is 6.92 Å². The number of benzene rings is 2. The number of carbonyl (C=O) groups is 1. The van der Waals surface area contributed by atoms with Crippen LogP contribution in [0.1, 0.15) is 93.9 Å². The van der Waals surface area contributed by atoms with Crippen LogP contribution in [-0.4, -0.2) is 42.6 Å². The molecule has 224 valence electrons. The fourth-order valence-electron chi connectivity index (χ4n) is 8.26. The lowest BCUT2D eigenvalue weighted by molar-refractivity contribution is -0.124. The number of carbonyl (C=O) groups excluding carboxylic acids is 1. The average molecular weight is 577 g/mol. The van der Waals surface area contributed by atoms with Gasteiger partial charge in [-0.1, -0.05) is 109 Å². The molecule has 4 rings (SSSR count). The topological polar surface area (TPSA) is 66.8 Å². The maximum absolute atomic E-state index is 14.0. The normalized spacial score (nSPS) is 26.3. The van der Waals surface area contributed by atoms with Crippen molar-refractivity contribution in [3.63, 3.8) is 0 Å². The Bertz CT molecular complexity index is 1200. The van der Waals surface area contributed by atoms with Crippen LogP contribution in [0.5, 0.6) is 0 Å².